The van der Waals surface area contributed by atoms with Crippen molar-refractivity contribution in [1.82, 2.24) is 8.96 Å². The van der Waals surface area contributed by atoms with Gasteiger partial charge in [-0.3, -0.25) is 0 Å². The van der Waals surface area contributed by atoms with Gasteiger partial charge < -0.3 is 0 Å². The Bertz CT molecular complexity index is 902. The first-order valence-electron chi connectivity index (χ1n) is 6.50. The highest BCUT2D eigenvalue weighted by Crippen LogP contribution is 2.25. The van der Waals surface area contributed by atoms with E-state index in [9.17, 15) is 12.8 Å². The lowest BCUT2D eigenvalue weighted by Crippen LogP contribution is -2.12. The van der Waals surface area contributed by atoms with E-state index in [1.807, 2.05) is 6.92 Å². The van der Waals surface area contributed by atoms with Gasteiger partial charge in [-0.1, -0.05) is 25.1 Å². The minimum absolute atomic E-state index is 0.173. The fourth-order valence-electron chi connectivity index (χ4n) is 2.35. The Morgan fingerprint density at radius 1 is 1.19 bits per heavy atom. The zero-order valence-electron chi connectivity index (χ0n) is 11.3. The van der Waals surface area contributed by atoms with Crippen LogP contribution in [0.3, 0.4) is 0 Å². The van der Waals surface area contributed by atoms with Crippen molar-refractivity contribution in [3.63, 3.8) is 0 Å². The second-order valence-electron chi connectivity index (χ2n) is 4.61. The number of pyridine rings is 1. The molecule has 21 heavy (non-hydrogen) atoms. The highest BCUT2D eigenvalue weighted by Gasteiger charge is 2.21. The summed E-state index contributed by atoms with van der Waals surface area (Å²) in [5.74, 6) is -0.417. The van der Waals surface area contributed by atoms with Gasteiger partial charge in [0.25, 0.3) is 10.0 Å². The number of rotatable bonds is 3. The smallest absolute Gasteiger partial charge is 0.234 e. The van der Waals surface area contributed by atoms with Crippen LogP contribution < -0.4 is 0 Å². The second-order valence-corrected chi connectivity index (χ2v) is 6.42. The SMILES string of the molecule is CCc1c(F)cnc2c1ccn2S(=O)(=O)c1ccccc1. The Hall–Kier alpha value is -2.21. The Balaban J connectivity index is 2.28. The van der Waals surface area contributed by atoms with Gasteiger partial charge in [-0.05, 0) is 24.6 Å². The van der Waals surface area contributed by atoms with Crippen molar-refractivity contribution in [2.24, 2.45) is 0 Å². The molecule has 3 aromatic rings. The second kappa shape index (κ2) is 4.96. The van der Waals surface area contributed by atoms with Crippen LogP contribution in [0.4, 0.5) is 4.39 Å². The number of benzene rings is 1. The molecule has 0 spiro atoms. The first-order chi connectivity index (χ1) is 10.1. The van der Waals surface area contributed by atoms with Gasteiger partial charge in [-0.25, -0.2) is 21.8 Å². The molecule has 2 aromatic heterocycles. The van der Waals surface area contributed by atoms with Crippen LogP contribution in [0.1, 0.15) is 12.5 Å². The molecule has 0 aliphatic heterocycles. The molecule has 0 bridgehead atoms. The van der Waals surface area contributed by atoms with Gasteiger partial charge in [0.05, 0.1) is 11.1 Å². The van der Waals surface area contributed by atoms with E-state index in [2.05, 4.69) is 4.98 Å². The lowest BCUT2D eigenvalue weighted by Gasteiger charge is -2.07. The molecule has 2 heterocycles. The standard InChI is InChI=1S/C15H13FN2O2S/c1-2-12-13-8-9-18(15(13)17-10-14(12)16)21(19,20)11-6-4-3-5-7-11/h3-10H,2H2,1H3. The number of aryl methyl sites for hydroxylation is 1. The van der Waals surface area contributed by atoms with Gasteiger partial charge in [-0.15, -0.1) is 0 Å². The van der Waals surface area contributed by atoms with Crippen LogP contribution >= 0.6 is 0 Å². The van der Waals surface area contributed by atoms with E-state index in [1.165, 1.54) is 18.3 Å². The molecule has 1 aromatic carbocycles. The van der Waals surface area contributed by atoms with Crippen LogP contribution in [0.5, 0.6) is 0 Å². The monoisotopic (exact) mass is 304 g/mol. The number of aromatic nitrogens is 2. The third-order valence-corrected chi connectivity index (χ3v) is 5.07. The molecule has 3 rings (SSSR count). The summed E-state index contributed by atoms with van der Waals surface area (Å²) in [6, 6.07) is 9.68. The van der Waals surface area contributed by atoms with Gasteiger partial charge in [-0.2, -0.15) is 0 Å². The predicted molar refractivity (Wildman–Crippen MR) is 78.1 cm³/mol. The molecule has 0 saturated heterocycles. The minimum Gasteiger partial charge on any atom is -0.234 e. The summed E-state index contributed by atoms with van der Waals surface area (Å²) in [5, 5.41) is 0.525. The van der Waals surface area contributed by atoms with Gasteiger partial charge in [0.1, 0.15) is 5.82 Å². The largest absolute Gasteiger partial charge is 0.269 e. The number of halogens is 1. The molecule has 0 unspecified atom stereocenters. The molecular formula is C15H13FN2O2S. The van der Waals surface area contributed by atoms with E-state index in [1.54, 1.807) is 24.3 Å². The van der Waals surface area contributed by atoms with Crippen LogP contribution in [-0.2, 0) is 16.4 Å². The maximum Gasteiger partial charge on any atom is 0.269 e. The van der Waals surface area contributed by atoms with Crippen molar-refractivity contribution in [3.05, 3.63) is 60.2 Å². The van der Waals surface area contributed by atoms with Gasteiger partial charge in [0.15, 0.2) is 5.65 Å². The Kier molecular flexibility index (Phi) is 3.25. The van der Waals surface area contributed by atoms with Crippen molar-refractivity contribution in [2.75, 3.05) is 0 Å². The van der Waals surface area contributed by atoms with Crippen LogP contribution in [-0.4, -0.2) is 17.4 Å². The molecule has 0 fully saturated rings. The zero-order chi connectivity index (χ0) is 15.0. The lowest BCUT2D eigenvalue weighted by molar-refractivity contribution is 0.588. The van der Waals surface area contributed by atoms with Crippen molar-refractivity contribution in [1.29, 1.82) is 0 Å². The summed E-state index contributed by atoms with van der Waals surface area (Å²) in [7, 11) is -3.73. The van der Waals surface area contributed by atoms with E-state index < -0.39 is 15.8 Å². The highest BCUT2D eigenvalue weighted by molar-refractivity contribution is 7.90. The maximum absolute atomic E-state index is 13.7. The van der Waals surface area contributed by atoms with Gasteiger partial charge in [0, 0.05) is 17.1 Å². The highest BCUT2D eigenvalue weighted by atomic mass is 32.2. The lowest BCUT2D eigenvalue weighted by atomic mass is 10.1. The molecule has 0 atom stereocenters. The van der Waals surface area contributed by atoms with Crippen LogP contribution in [0.15, 0.2) is 53.7 Å². The topological polar surface area (TPSA) is 52.0 Å². The van der Waals surface area contributed by atoms with Crippen LogP contribution in [0.2, 0.25) is 0 Å². The van der Waals surface area contributed by atoms with E-state index in [0.717, 1.165) is 10.2 Å². The Morgan fingerprint density at radius 2 is 1.90 bits per heavy atom. The average Bonchev–Trinajstić information content (AvgIpc) is 2.92. The normalized spacial score (nSPS) is 11.9. The fraction of sp³-hybridized carbons (Fsp3) is 0.133. The molecule has 6 heteroatoms. The molecule has 4 nitrogen and oxygen atoms in total. The Morgan fingerprint density at radius 3 is 2.57 bits per heavy atom. The predicted octanol–water partition coefficient (Wildman–Crippen LogP) is 2.97. The molecule has 0 aliphatic carbocycles. The van der Waals surface area contributed by atoms with E-state index >= 15 is 0 Å². The first kappa shape index (κ1) is 13.8. The molecule has 0 saturated carbocycles. The van der Waals surface area contributed by atoms with Crippen molar-refractivity contribution >= 4 is 21.1 Å². The molecule has 0 amide bonds. The number of fused-ring (bicyclic) bond motifs is 1. The molecular weight excluding hydrogens is 291 g/mol. The van der Waals surface area contributed by atoms with E-state index in [0.29, 0.717) is 17.4 Å². The summed E-state index contributed by atoms with van der Waals surface area (Å²) >= 11 is 0. The third kappa shape index (κ3) is 2.12. The van der Waals surface area contributed by atoms with Gasteiger partial charge >= 0.3 is 0 Å². The number of nitrogens with zero attached hydrogens (tertiary/aromatic N) is 2. The zero-order valence-corrected chi connectivity index (χ0v) is 12.1. The van der Waals surface area contributed by atoms with Crippen molar-refractivity contribution < 1.29 is 12.8 Å². The van der Waals surface area contributed by atoms with Crippen LogP contribution in [0.25, 0.3) is 11.0 Å². The first-order valence-corrected chi connectivity index (χ1v) is 7.94. The minimum atomic E-state index is -3.73. The van der Waals surface area contributed by atoms with E-state index in [-0.39, 0.29) is 10.5 Å². The van der Waals surface area contributed by atoms with Crippen molar-refractivity contribution in [3.8, 4) is 0 Å². The summed E-state index contributed by atoms with van der Waals surface area (Å²) in [6.45, 7) is 1.82. The molecule has 0 radical (unpaired) electrons. The maximum atomic E-state index is 13.7. The molecule has 0 aliphatic rings. The van der Waals surface area contributed by atoms with Crippen molar-refractivity contribution in [2.45, 2.75) is 18.2 Å². The summed E-state index contributed by atoms with van der Waals surface area (Å²) < 4.78 is 40.1. The number of hydrogen-bond donors (Lipinski definition) is 0. The van der Waals surface area contributed by atoms with E-state index in [4.69, 9.17) is 0 Å². The number of hydrogen-bond acceptors (Lipinski definition) is 3. The molecule has 0 N–H and O–H groups in total. The summed E-state index contributed by atoms with van der Waals surface area (Å²) in [5.41, 5.74) is 0.721. The quantitative estimate of drug-likeness (QED) is 0.747. The average molecular weight is 304 g/mol. The Labute approximate surface area is 121 Å². The fourth-order valence-corrected chi connectivity index (χ4v) is 3.67. The van der Waals surface area contributed by atoms with Crippen LogP contribution in [0, 0.1) is 5.82 Å². The molecule has 108 valence electrons. The summed E-state index contributed by atoms with van der Waals surface area (Å²) in [6.07, 6.45) is 2.96. The third-order valence-electron chi connectivity index (χ3n) is 3.39. The van der Waals surface area contributed by atoms with Gasteiger partial charge in [0.2, 0.25) is 0 Å². The summed E-state index contributed by atoms with van der Waals surface area (Å²) in [4.78, 5) is 4.12.